The van der Waals surface area contributed by atoms with E-state index in [1.54, 1.807) is 0 Å². The number of benzene rings is 1. The SMILES string of the molecule is CCCNC1CSc2c(C)cccc21. The monoisotopic (exact) mass is 207 g/mol. The molecule has 1 aliphatic heterocycles. The van der Waals surface area contributed by atoms with E-state index < -0.39 is 0 Å². The van der Waals surface area contributed by atoms with Crippen molar-refractivity contribution < 1.29 is 0 Å². The minimum Gasteiger partial charge on any atom is -0.309 e. The van der Waals surface area contributed by atoms with Crippen molar-refractivity contribution in [3.8, 4) is 0 Å². The van der Waals surface area contributed by atoms with Crippen molar-refractivity contribution in [2.75, 3.05) is 12.3 Å². The van der Waals surface area contributed by atoms with Crippen LogP contribution in [0.25, 0.3) is 0 Å². The van der Waals surface area contributed by atoms with E-state index in [4.69, 9.17) is 0 Å². The largest absolute Gasteiger partial charge is 0.309 e. The molecule has 1 aromatic carbocycles. The van der Waals surface area contributed by atoms with E-state index in [0.29, 0.717) is 6.04 Å². The third kappa shape index (κ3) is 1.82. The Morgan fingerprint density at radius 3 is 3.14 bits per heavy atom. The summed E-state index contributed by atoms with van der Waals surface area (Å²) < 4.78 is 0. The summed E-state index contributed by atoms with van der Waals surface area (Å²) in [6.45, 7) is 5.54. The van der Waals surface area contributed by atoms with E-state index in [2.05, 4.69) is 37.4 Å². The van der Waals surface area contributed by atoms with Gasteiger partial charge in [-0.3, -0.25) is 0 Å². The fraction of sp³-hybridized carbons (Fsp3) is 0.500. The van der Waals surface area contributed by atoms with Crippen molar-refractivity contribution >= 4 is 11.8 Å². The fourth-order valence-electron chi connectivity index (χ4n) is 1.89. The molecule has 1 aromatic rings. The molecule has 14 heavy (non-hydrogen) atoms. The molecule has 1 aliphatic rings. The van der Waals surface area contributed by atoms with E-state index in [1.165, 1.54) is 28.2 Å². The zero-order valence-electron chi connectivity index (χ0n) is 8.84. The molecule has 2 heteroatoms. The Hall–Kier alpha value is -0.470. The highest BCUT2D eigenvalue weighted by Gasteiger charge is 2.22. The highest BCUT2D eigenvalue weighted by atomic mass is 32.2. The number of hydrogen-bond donors (Lipinski definition) is 1. The first-order chi connectivity index (χ1) is 6.83. The number of rotatable bonds is 3. The van der Waals surface area contributed by atoms with Gasteiger partial charge in [0.15, 0.2) is 0 Å². The second kappa shape index (κ2) is 4.37. The van der Waals surface area contributed by atoms with Crippen LogP contribution in [0.1, 0.15) is 30.5 Å². The number of hydrogen-bond acceptors (Lipinski definition) is 2. The van der Waals surface area contributed by atoms with Crippen molar-refractivity contribution in [3.63, 3.8) is 0 Å². The van der Waals surface area contributed by atoms with Gasteiger partial charge in [0.05, 0.1) is 0 Å². The third-order valence-corrected chi connectivity index (χ3v) is 4.00. The number of fused-ring (bicyclic) bond motifs is 1. The van der Waals surface area contributed by atoms with Gasteiger partial charge in [0.1, 0.15) is 0 Å². The molecule has 0 aromatic heterocycles. The van der Waals surface area contributed by atoms with Gasteiger partial charge in [0, 0.05) is 16.7 Å². The molecular weight excluding hydrogens is 190 g/mol. The number of thioether (sulfide) groups is 1. The summed E-state index contributed by atoms with van der Waals surface area (Å²) in [5, 5.41) is 3.59. The zero-order chi connectivity index (χ0) is 9.97. The van der Waals surface area contributed by atoms with E-state index in [-0.39, 0.29) is 0 Å². The zero-order valence-corrected chi connectivity index (χ0v) is 9.66. The van der Waals surface area contributed by atoms with Gasteiger partial charge in [0.25, 0.3) is 0 Å². The topological polar surface area (TPSA) is 12.0 Å². The van der Waals surface area contributed by atoms with Gasteiger partial charge in [-0.25, -0.2) is 0 Å². The van der Waals surface area contributed by atoms with Crippen LogP contribution in [0, 0.1) is 6.92 Å². The molecule has 0 bridgehead atoms. The Balaban J connectivity index is 2.18. The van der Waals surface area contributed by atoms with Crippen LogP contribution in [0.4, 0.5) is 0 Å². The van der Waals surface area contributed by atoms with Crippen molar-refractivity contribution in [2.45, 2.75) is 31.2 Å². The molecule has 1 atom stereocenters. The van der Waals surface area contributed by atoms with E-state index in [0.717, 1.165) is 6.54 Å². The molecule has 1 heterocycles. The molecule has 1 unspecified atom stereocenters. The smallest absolute Gasteiger partial charge is 0.0426 e. The van der Waals surface area contributed by atoms with Crippen molar-refractivity contribution in [2.24, 2.45) is 0 Å². The van der Waals surface area contributed by atoms with Crippen LogP contribution >= 0.6 is 11.8 Å². The average molecular weight is 207 g/mol. The molecule has 0 spiro atoms. The predicted octanol–water partition coefficient (Wildman–Crippen LogP) is 3.14. The van der Waals surface area contributed by atoms with Gasteiger partial charge in [-0.15, -0.1) is 11.8 Å². The molecule has 0 saturated carbocycles. The van der Waals surface area contributed by atoms with Gasteiger partial charge >= 0.3 is 0 Å². The van der Waals surface area contributed by atoms with Crippen molar-refractivity contribution in [1.29, 1.82) is 0 Å². The molecule has 0 aliphatic carbocycles. The van der Waals surface area contributed by atoms with Crippen LogP contribution in [0.2, 0.25) is 0 Å². The minimum absolute atomic E-state index is 0.579. The lowest BCUT2D eigenvalue weighted by molar-refractivity contribution is 0.578. The maximum atomic E-state index is 3.59. The van der Waals surface area contributed by atoms with Gasteiger partial charge in [-0.2, -0.15) is 0 Å². The fourth-order valence-corrected chi connectivity index (χ4v) is 3.19. The molecular formula is C12H17NS. The standard InChI is InChI=1S/C12H17NS/c1-3-7-13-11-8-14-12-9(2)5-4-6-10(11)12/h4-6,11,13H,3,7-8H2,1-2H3. The van der Waals surface area contributed by atoms with Crippen molar-refractivity contribution in [3.05, 3.63) is 29.3 Å². The maximum Gasteiger partial charge on any atom is 0.0426 e. The highest BCUT2D eigenvalue weighted by Crippen LogP contribution is 2.39. The molecule has 0 amide bonds. The highest BCUT2D eigenvalue weighted by molar-refractivity contribution is 7.99. The van der Waals surface area contributed by atoms with Crippen LogP contribution in [0.15, 0.2) is 23.1 Å². The second-order valence-corrected chi connectivity index (χ2v) is 4.84. The Morgan fingerprint density at radius 1 is 1.50 bits per heavy atom. The van der Waals surface area contributed by atoms with Crippen molar-refractivity contribution in [1.82, 2.24) is 5.32 Å². The van der Waals surface area contributed by atoms with Gasteiger partial charge in [-0.1, -0.05) is 25.1 Å². The lowest BCUT2D eigenvalue weighted by atomic mass is 10.1. The van der Waals surface area contributed by atoms with Gasteiger partial charge in [0.2, 0.25) is 0 Å². The average Bonchev–Trinajstić information content (AvgIpc) is 2.60. The van der Waals surface area contributed by atoms with Gasteiger partial charge < -0.3 is 5.32 Å². The van der Waals surface area contributed by atoms with E-state index in [9.17, 15) is 0 Å². The van der Waals surface area contributed by atoms with Crippen LogP contribution in [0.3, 0.4) is 0 Å². The maximum absolute atomic E-state index is 3.59. The first-order valence-electron chi connectivity index (χ1n) is 5.28. The van der Waals surface area contributed by atoms with Gasteiger partial charge in [-0.05, 0) is 31.0 Å². The Bertz CT molecular complexity index is 322. The predicted molar refractivity (Wildman–Crippen MR) is 62.9 cm³/mol. The summed E-state index contributed by atoms with van der Waals surface area (Å²) in [6, 6.07) is 7.21. The summed E-state index contributed by atoms with van der Waals surface area (Å²) in [5.74, 6) is 1.19. The second-order valence-electron chi connectivity index (χ2n) is 3.81. The van der Waals surface area contributed by atoms with Crippen LogP contribution in [0.5, 0.6) is 0 Å². The lowest BCUT2D eigenvalue weighted by Gasteiger charge is -2.12. The molecule has 1 nitrogen and oxygen atoms in total. The molecule has 0 radical (unpaired) electrons. The quantitative estimate of drug-likeness (QED) is 0.817. The minimum atomic E-state index is 0.579. The first kappa shape index (κ1) is 10.1. The normalized spacial score (nSPS) is 19.7. The molecule has 0 saturated heterocycles. The van der Waals surface area contributed by atoms with Crippen LogP contribution in [-0.2, 0) is 0 Å². The Morgan fingerprint density at radius 2 is 2.36 bits per heavy atom. The van der Waals surface area contributed by atoms with Crippen LogP contribution < -0.4 is 5.32 Å². The molecule has 2 rings (SSSR count). The molecule has 76 valence electrons. The summed E-state index contributed by atoms with van der Waals surface area (Å²) in [4.78, 5) is 1.50. The summed E-state index contributed by atoms with van der Waals surface area (Å²) >= 11 is 1.99. The number of aryl methyl sites for hydroxylation is 1. The van der Waals surface area contributed by atoms with E-state index in [1.807, 2.05) is 11.8 Å². The third-order valence-electron chi connectivity index (χ3n) is 2.65. The van der Waals surface area contributed by atoms with E-state index >= 15 is 0 Å². The summed E-state index contributed by atoms with van der Waals surface area (Å²) in [7, 11) is 0. The lowest BCUT2D eigenvalue weighted by Crippen LogP contribution is -2.21. The Labute approximate surface area is 90.3 Å². The number of nitrogens with one attached hydrogen (secondary N) is 1. The summed E-state index contributed by atoms with van der Waals surface area (Å²) in [6.07, 6.45) is 1.21. The summed E-state index contributed by atoms with van der Waals surface area (Å²) in [5.41, 5.74) is 2.93. The molecule has 0 fully saturated rings. The first-order valence-corrected chi connectivity index (χ1v) is 6.27. The molecule has 1 N–H and O–H groups in total. The van der Waals surface area contributed by atoms with Crippen LogP contribution in [-0.4, -0.2) is 12.3 Å². The Kier molecular flexibility index (Phi) is 3.14.